The van der Waals surface area contributed by atoms with Gasteiger partial charge in [0.05, 0.1) is 6.10 Å². The van der Waals surface area contributed by atoms with E-state index in [-0.39, 0.29) is 0 Å². The number of methoxy groups -OCH3 is 1. The van der Waals surface area contributed by atoms with E-state index in [9.17, 15) is 0 Å². The van der Waals surface area contributed by atoms with Crippen LogP contribution in [0.2, 0.25) is 0 Å². The summed E-state index contributed by atoms with van der Waals surface area (Å²) in [5.74, 6) is 0. The third-order valence-corrected chi connectivity index (χ3v) is 2.32. The lowest BCUT2D eigenvalue weighted by Gasteiger charge is -2.18. The number of hydrogen-bond acceptors (Lipinski definition) is 3. The van der Waals surface area contributed by atoms with Gasteiger partial charge in [-0.05, 0) is 47.3 Å². The molecule has 0 bridgehead atoms. The van der Waals surface area contributed by atoms with E-state index in [0.29, 0.717) is 12.1 Å². The summed E-state index contributed by atoms with van der Waals surface area (Å²) < 4.78 is 5.19. The van der Waals surface area contributed by atoms with Gasteiger partial charge in [-0.3, -0.25) is 0 Å². The van der Waals surface area contributed by atoms with Crippen molar-refractivity contribution in [3.63, 3.8) is 0 Å². The summed E-state index contributed by atoms with van der Waals surface area (Å²) in [4.78, 5) is 2.20. The first-order valence-electron chi connectivity index (χ1n) is 5.47. The van der Waals surface area contributed by atoms with Gasteiger partial charge < -0.3 is 15.0 Å². The van der Waals surface area contributed by atoms with Crippen LogP contribution in [0.25, 0.3) is 0 Å². The van der Waals surface area contributed by atoms with Crippen LogP contribution < -0.4 is 5.32 Å². The van der Waals surface area contributed by atoms with E-state index in [4.69, 9.17) is 4.74 Å². The maximum Gasteiger partial charge on any atom is 0.0543 e. The molecule has 0 heterocycles. The molecule has 86 valence electrons. The molecule has 0 aliphatic heterocycles. The second kappa shape index (κ2) is 8.21. The van der Waals surface area contributed by atoms with Gasteiger partial charge >= 0.3 is 0 Å². The average molecular weight is 202 g/mol. The highest BCUT2D eigenvalue weighted by molar-refractivity contribution is 4.63. The topological polar surface area (TPSA) is 24.5 Å². The Balaban J connectivity index is 3.27. The third kappa shape index (κ3) is 8.48. The highest BCUT2D eigenvalue weighted by atomic mass is 16.5. The fourth-order valence-electron chi connectivity index (χ4n) is 1.47. The molecule has 3 nitrogen and oxygen atoms in total. The van der Waals surface area contributed by atoms with Crippen molar-refractivity contribution in [3.05, 3.63) is 0 Å². The summed E-state index contributed by atoms with van der Waals surface area (Å²) in [7, 11) is 5.98. The number of nitrogens with one attached hydrogen (secondary N) is 1. The molecule has 0 radical (unpaired) electrons. The van der Waals surface area contributed by atoms with Crippen LogP contribution in [0, 0.1) is 0 Å². The summed E-state index contributed by atoms with van der Waals surface area (Å²) in [5, 5.41) is 3.50. The van der Waals surface area contributed by atoms with Crippen molar-refractivity contribution in [2.45, 2.75) is 38.8 Å². The van der Waals surface area contributed by atoms with Crippen molar-refractivity contribution in [2.75, 3.05) is 34.3 Å². The zero-order valence-electron chi connectivity index (χ0n) is 10.3. The SMILES string of the molecule is COC(C)CCCNC(C)CN(C)C. The number of hydrogen-bond donors (Lipinski definition) is 1. The van der Waals surface area contributed by atoms with E-state index in [1.807, 2.05) is 0 Å². The maximum absolute atomic E-state index is 5.19. The Kier molecular flexibility index (Phi) is 8.14. The first-order valence-corrected chi connectivity index (χ1v) is 5.47. The molecular weight excluding hydrogens is 176 g/mol. The summed E-state index contributed by atoms with van der Waals surface area (Å²) >= 11 is 0. The summed E-state index contributed by atoms with van der Waals surface area (Å²) in [6.07, 6.45) is 2.71. The first-order chi connectivity index (χ1) is 6.56. The zero-order valence-corrected chi connectivity index (χ0v) is 10.3. The molecular formula is C11H26N2O. The van der Waals surface area contributed by atoms with Crippen molar-refractivity contribution >= 4 is 0 Å². The molecule has 0 fully saturated rings. The highest BCUT2D eigenvalue weighted by Crippen LogP contribution is 1.98. The predicted molar refractivity (Wildman–Crippen MR) is 61.7 cm³/mol. The predicted octanol–water partition coefficient (Wildman–Crippen LogP) is 1.34. The first kappa shape index (κ1) is 13.9. The molecule has 0 spiro atoms. The van der Waals surface area contributed by atoms with Crippen LogP contribution in [0.3, 0.4) is 0 Å². The van der Waals surface area contributed by atoms with Gasteiger partial charge in [0, 0.05) is 19.7 Å². The summed E-state index contributed by atoms with van der Waals surface area (Å²) in [5.41, 5.74) is 0. The number of nitrogens with zero attached hydrogens (tertiary/aromatic N) is 1. The third-order valence-electron chi connectivity index (χ3n) is 2.32. The Morgan fingerprint density at radius 3 is 2.43 bits per heavy atom. The second-order valence-electron chi connectivity index (χ2n) is 4.31. The maximum atomic E-state index is 5.19. The molecule has 0 aromatic rings. The number of likely N-dealkylation sites (N-methyl/N-ethyl adjacent to an activating group) is 1. The standard InChI is InChI=1S/C11H26N2O/c1-10(9-13(3)4)12-8-6-7-11(2)14-5/h10-12H,6-9H2,1-5H3. The van der Waals surface area contributed by atoms with Crippen LogP contribution in [0.5, 0.6) is 0 Å². The molecule has 14 heavy (non-hydrogen) atoms. The van der Waals surface area contributed by atoms with Crippen LogP contribution in [0.1, 0.15) is 26.7 Å². The molecule has 2 atom stereocenters. The van der Waals surface area contributed by atoms with Crippen LogP contribution in [0.15, 0.2) is 0 Å². The average Bonchev–Trinajstić information content (AvgIpc) is 2.10. The van der Waals surface area contributed by atoms with Gasteiger partial charge in [-0.2, -0.15) is 0 Å². The second-order valence-corrected chi connectivity index (χ2v) is 4.31. The molecule has 0 saturated heterocycles. The highest BCUT2D eigenvalue weighted by Gasteiger charge is 2.03. The van der Waals surface area contributed by atoms with Crippen molar-refractivity contribution in [1.29, 1.82) is 0 Å². The molecule has 0 rings (SSSR count). The lowest BCUT2D eigenvalue weighted by Crippen LogP contribution is -2.36. The Bertz CT molecular complexity index is 128. The normalized spacial score (nSPS) is 15.9. The van der Waals surface area contributed by atoms with Crippen molar-refractivity contribution in [2.24, 2.45) is 0 Å². The minimum absolute atomic E-state index is 0.390. The Morgan fingerprint density at radius 2 is 1.93 bits per heavy atom. The molecule has 0 aromatic heterocycles. The van der Waals surface area contributed by atoms with E-state index >= 15 is 0 Å². The Morgan fingerprint density at radius 1 is 1.29 bits per heavy atom. The monoisotopic (exact) mass is 202 g/mol. The quantitative estimate of drug-likeness (QED) is 0.601. The van der Waals surface area contributed by atoms with Crippen LogP contribution in [0.4, 0.5) is 0 Å². The molecule has 0 aliphatic carbocycles. The molecule has 0 aromatic carbocycles. The summed E-state index contributed by atoms with van der Waals surface area (Å²) in [6.45, 7) is 6.52. The van der Waals surface area contributed by atoms with Crippen LogP contribution >= 0.6 is 0 Å². The van der Waals surface area contributed by atoms with Gasteiger partial charge in [-0.25, -0.2) is 0 Å². The van der Waals surface area contributed by atoms with E-state index < -0.39 is 0 Å². The van der Waals surface area contributed by atoms with Crippen molar-refractivity contribution in [1.82, 2.24) is 10.2 Å². The number of rotatable bonds is 8. The molecule has 0 aliphatic rings. The molecule has 2 unspecified atom stereocenters. The fourth-order valence-corrected chi connectivity index (χ4v) is 1.47. The summed E-state index contributed by atoms with van der Waals surface area (Å²) in [6, 6.07) is 0.572. The molecule has 3 heteroatoms. The van der Waals surface area contributed by atoms with Crippen LogP contribution in [-0.2, 0) is 4.74 Å². The fraction of sp³-hybridized carbons (Fsp3) is 1.00. The van der Waals surface area contributed by atoms with Crippen LogP contribution in [-0.4, -0.2) is 51.3 Å². The Hall–Kier alpha value is -0.120. The Labute approximate surface area is 88.8 Å². The minimum atomic E-state index is 0.390. The minimum Gasteiger partial charge on any atom is -0.382 e. The van der Waals surface area contributed by atoms with Gasteiger partial charge in [0.1, 0.15) is 0 Å². The van der Waals surface area contributed by atoms with E-state index in [0.717, 1.165) is 19.5 Å². The lowest BCUT2D eigenvalue weighted by molar-refractivity contribution is 0.109. The van der Waals surface area contributed by atoms with Gasteiger partial charge in [0.2, 0.25) is 0 Å². The van der Waals surface area contributed by atoms with E-state index in [2.05, 4.69) is 38.2 Å². The molecule has 0 saturated carbocycles. The zero-order chi connectivity index (χ0) is 11.0. The molecule has 0 amide bonds. The van der Waals surface area contributed by atoms with Gasteiger partial charge in [0.15, 0.2) is 0 Å². The van der Waals surface area contributed by atoms with Crippen molar-refractivity contribution < 1.29 is 4.74 Å². The number of ether oxygens (including phenoxy) is 1. The smallest absolute Gasteiger partial charge is 0.0543 e. The van der Waals surface area contributed by atoms with Crippen molar-refractivity contribution in [3.8, 4) is 0 Å². The van der Waals surface area contributed by atoms with Gasteiger partial charge in [-0.15, -0.1) is 0 Å². The van der Waals surface area contributed by atoms with Gasteiger partial charge in [0.25, 0.3) is 0 Å². The lowest BCUT2D eigenvalue weighted by atomic mass is 10.2. The largest absolute Gasteiger partial charge is 0.382 e. The van der Waals surface area contributed by atoms with E-state index in [1.165, 1.54) is 6.42 Å². The molecule has 1 N–H and O–H groups in total. The van der Waals surface area contributed by atoms with E-state index in [1.54, 1.807) is 7.11 Å². The van der Waals surface area contributed by atoms with Gasteiger partial charge in [-0.1, -0.05) is 0 Å².